The van der Waals surface area contributed by atoms with Crippen molar-refractivity contribution in [3.63, 3.8) is 0 Å². The van der Waals surface area contributed by atoms with E-state index >= 15 is 0 Å². The molecule has 7 nitrogen and oxygen atoms in total. The maximum atomic E-state index is 12.7. The number of piperidine rings is 1. The van der Waals surface area contributed by atoms with Crippen LogP contribution < -0.4 is 19.7 Å². The van der Waals surface area contributed by atoms with E-state index in [1.54, 1.807) is 25.7 Å². The van der Waals surface area contributed by atoms with Crippen LogP contribution in [0.5, 0.6) is 11.5 Å². The van der Waals surface area contributed by atoms with E-state index in [1.807, 2.05) is 18.2 Å². The van der Waals surface area contributed by atoms with Crippen LogP contribution in [0.2, 0.25) is 0 Å². The fraction of sp³-hybridized carbons (Fsp3) is 0.522. The summed E-state index contributed by atoms with van der Waals surface area (Å²) < 4.78 is 11.3. The van der Waals surface area contributed by atoms with Crippen molar-refractivity contribution in [3.8, 4) is 11.5 Å². The molecule has 30 heavy (non-hydrogen) atoms. The van der Waals surface area contributed by atoms with Crippen molar-refractivity contribution < 1.29 is 14.3 Å². The van der Waals surface area contributed by atoms with E-state index in [2.05, 4.69) is 34.0 Å². The summed E-state index contributed by atoms with van der Waals surface area (Å²) in [5, 5.41) is 3.07. The lowest BCUT2D eigenvalue weighted by molar-refractivity contribution is -0.125. The molecule has 1 saturated heterocycles. The maximum absolute atomic E-state index is 12.7. The van der Waals surface area contributed by atoms with E-state index in [9.17, 15) is 4.79 Å². The fourth-order valence-corrected chi connectivity index (χ4v) is 3.53. The third-order valence-electron chi connectivity index (χ3n) is 5.31. The number of hydrogen-bond acceptors (Lipinski definition) is 6. The molecule has 1 aliphatic rings. The Kier molecular flexibility index (Phi) is 7.88. The highest BCUT2D eigenvalue weighted by molar-refractivity contribution is 5.79. The van der Waals surface area contributed by atoms with Gasteiger partial charge in [0.2, 0.25) is 5.91 Å². The molecular formula is C23H32N4O3. The Morgan fingerprint density at radius 2 is 2.17 bits per heavy atom. The zero-order chi connectivity index (χ0) is 21.3. The smallest absolute Gasteiger partial charge is 0.225 e. The molecule has 1 atom stereocenters. The highest BCUT2D eigenvalue weighted by atomic mass is 16.5. The number of nitrogens with zero attached hydrogens (tertiary/aromatic N) is 3. The number of ether oxygens (including phenoxy) is 2. The third-order valence-corrected chi connectivity index (χ3v) is 5.31. The lowest BCUT2D eigenvalue weighted by Gasteiger charge is -2.32. The average Bonchev–Trinajstić information content (AvgIpc) is 2.78. The van der Waals surface area contributed by atoms with Crippen LogP contribution in [-0.2, 0) is 11.3 Å². The first-order chi connectivity index (χ1) is 14.6. The molecule has 1 aromatic carbocycles. The molecule has 2 heterocycles. The number of carbonyl (C=O) groups is 1. The van der Waals surface area contributed by atoms with E-state index in [1.165, 1.54) is 0 Å². The van der Waals surface area contributed by atoms with Gasteiger partial charge in [-0.15, -0.1) is 0 Å². The van der Waals surface area contributed by atoms with Crippen molar-refractivity contribution >= 4 is 11.7 Å². The molecule has 1 aliphatic heterocycles. The predicted octanol–water partition coefficient (Wildman–Crippen LogP) is 3.44. The van der Waals surface area contributed by atoms with Crippen molar-refractivity contribution in [1.82, 2.24) is 15.3 Å². The van der Waals surface area contributed by atoms with Crippen LogP contribution in [0.15, 0.2) is 36.8 Å². The molecule has 1 fully saturated rings. The van der Waals surface area contributed by atoms with E-state index in [0.29, 0.717) is 31.4 Å². The molecule has 162 valence electrons. The van der Waals surface area contributed by atoms with Gasteiger partial charge < -0.3 is 19.7 Å². The van der Waals surface area contributed by atoms with Crippen LogP contribution in [0, 0.1) is 11.8 Å². The molecule has 0 aliphatic carbocycles. The summed E-state index contributed by atoms with van der Waals surface area (Å²) >= 11 is 0. The van der Waals surface area contributed by atoms with Gasteiger partial charge >= 0.3 is 0 Å². The molecule has 0 saturated carbocycles. The van der Waals surface area contributed by atoms with E-state index < -0.39 is 0 Å². The highest BCUT2D eigenvalue weighted by Crippen LogP contribution is 2.28. The number of anilines is 1. The highest BCUT2D eigenvalue weighted by Gasteiger charge is 2.26. The SMILES string of the molecule is COc1cc(CNC(=O)[C@@H]2CCCN(c3cnccn3)C2)ccc1OCCC(C)C. The topological polar surface area (TPSA) is 76.6 Å². The minimum atomic E-state index is -0.0544. The predicted molar refractivity (Wildman–Crippen MR) is 117 cm³/mol. The van der Waals surface area contributed by atoms with Crippen molar-refractivity contribution in [3.05, 3.63) is 42.4 Å². The van der Waals surface area contributed by atoms with Gasteiger partial charge in [0.15, 0.2) is 11.5 Å². The molecule has 3 rings (SSSR count). The summed E-state index contributed by atoms with van der Waals surface area (Å²) in [6.45, 7) is 7.03. The first kappa shape index (κ1) is 21.9. The van der Waals surface area contributed by atoms with E-state index in [0.717, 1.165) is 42.9 Å². The summed E-state index contributed by atoms with van der Waals surface area (Å²) in [4.78, 5) is 23.4. The summed E-state index contributed by atoms with van der Waals surface area (Å²) in [5.74, 6) is 2.86. The second kappa shape index (κ2) is 10.8. The lowest BCUT2D eigenvalue weighted by atomic mass is 9.97. The van der Waals surface area contributed by atoms with Gasteiger partial charge in [-0.05, 0) is 42.9 Å². The van der Waals surface area contributed by atoms with Crippen molar-refractivity contribution in [2.75, 3.05) is 31.7 Å². The van der Waals surface area contributed by atoms with Crippen LogP contribution >= 0.6 is 0 Å². The Bertz CT molecular complexity index is 813. The normalized spacial score (nSPS) is 16.4. The number of carbonyl (C=O) groups excluding carboxylic acids is 1. The Morgan fingerprint density at radius 1 is 1.30 bits per heavy atom. The second-order valence-electron chi connectivity index (χ2n) is 8.08. The van der Waals surface area contributed by atoms with Crippen LogP contribution in [0.1, 0.15) is 38.7 Å². The second-order valence-corrected chi connectivity index (χ2v) is 8.08. The van der Waals surface area contributed by atoms with Gasteiger partial charge in [-0.3, -0.25) is 9.78 Å². The summed E-state index contributed by atoms with van der Waals surface area (Å²) in [7, 11) is 1.64. The summed E-state index contributed by atoms with van der Waals surface area (Å²) in [5.41, 5.74) is 0.984. The average molecular weight is 413 g/mol. The maximum Gasteiger partial charge on any atom is 0.225 e. The van der Waals surface area contributed by atoms with Crippen molar-refractivity contribution in [2.24, 2.45) is 11.8 Å². The van der Waals surface area contributed by atoms with E-state index in [4.69, 9.17) is 9.47 Å². The Hall–Kier alpha value is -2.83. The molecule has 0 bridgehead atoms. The van der Waals surface area contributed by atoms with Crippen molar-refractivity contribution in [2.45, 2.75) is 39.7 Å². The molecule has 0 spiro atoms. The van der Waals surface area contributed by atoms with Crippen LogP contribution in [0.4, 0.5) is 5.82 Å². The lowest BCUT2D eigenvalue weighted by Crippen LogP contribution is -2.43. The number of aromatic nitrogens is 2. The molecule has 2 aromatic rings. The summed E-state index contributed by atoms with van der Waals surface area (Å²) in [6, 6.07) is 5.81. The Balaban J connectivity index is 1.53. The molecule has 0 radical (unpaired) electrons. The van der Waals surface area contributed by atoms with Gasteiger partial charge in [-0.25, -0.2) is 4.98 Å². The van der Waals surface area contributed by atoms with Gasteiger partial charge in [0, 0.05) is 32.0 Å². The largest absolute Gasteiger partial charge is 0.493 e. The Morgan fingerprint density at radius 3 is 2.90 bits per heavy atom. The van der Waals surface area contributed by atoms with Gasteiger partial charge in [-0.2, -0.15) is 0 Å². The van der Waals surface area contributed by atoms with E-state index in [-0.39, 0.29) is 11.8 Å². The van der Waals surface area contributed by atoms with Gasteiger partial charge in [-0.1, -0.05) is 19.9 Å². The van der Waals surface area contributed by atoms with Gasteiger partial charge in [0.1, 0.15) is 5.82 Å². The zero-order valence-corrected chi connectivity index (χ0v) is 18.1. The number of methoxy groups -OCH3 is 1. The standard InChI is InChI=1S/C23H32N4O3/c1-17(2)8-12-30-20-7-6-18(13-21(20)29-3)14-26-23(28)19-5-4-11-27(16-19)22-15-24-9-10-25-22/h6-7,9-10,13,15,17,19H,4-5,8,11-12,14,16H2,1-3H3,(H,26,28)/t19-/m1/s1. The van der Waals surface area contributed by atoms with Crippen LogP contribution in [0.25, 0.3) is 0 Å². The molecular weight excluding hydrogens is 380 g/mol. The number of rotatable bonds is 9. The minimum Gasteiger partial charge on any atom is -0.493 e. The fourth-order valence-electron chi connectivity index (χ4n) is 3.53. The summed E-state index contributed by atoms with van der Waals surface area (Å²) in [6.07, 6.45) is 7.93. The van der Waals surface area contributed by atoms with Gasteiger partial charge in [0.25, 0.3) is 0 Å². The third kappa shape index (κ3) is 6.08. The van der Waals surface area contributed by atoms with Crippen LogP contribution in [0.3, 0.4) is 0 Å². The molecule has 1 amide bonds. The quantitative estimate of drug-likeness (QED) is 0.680. The molecule has 1 aromatic heterocycles. The monoisotopic (exact) mass is 412 g/mol. The molecule has 7 heteroatoms. The van der Waals surface area contributed by atoms with Crippen molar-refractivity contribution in [1.29, 1.82) is 0 Å². The molecule has 1 N–H and O–H groups in total. The van der Waals surface area contributed by atoms with Crippen LogP contribution in [-0.4, -0.2) is 42.7 Å². The first-order valence-electron chi connectivity index (χ1n) is 10.6. The number of benzene rings is 1. The first-order valence-corrected chi connectivity index (χ1v) is 10.6. The number of hydrogen-bond donors (Lipinski definition) is 1. The number of nitrogens with one attached hydrogen (secondary N) is 1. The molecule has 0 unspecified atom stereocenters. The van der Waals surface area contributed by atoms with Gasteiger partial charge in [0.05, 0.1) is 25.8 Å². The number of amides is 1. The zero-order valence-electron chi connectivity index (χ0n) is 18.1. The Labute approximate surface area is 178 Å². The minimum absolute atomic E-state index is 0.0544.